The first-order valence-electron chi connectivity index (χ1n) is 6.59. The molecule has 0 saturated heterocycles. The van der Waals surface area contributed by atoms with Crippen molar-refractivity contribution in [3.8, 4) is 0 Å². The fraction of sp³-hybridized carbons (Fsp3) is 0.615. The third-order valence-corrected chi connectivity index (χ3v) is 3.67. The van der Waals surface area contributed by atoms with Crippen molar-refractivity contribution in [2.45, 2.75) is 44.1 Å². The van der Waals surface area contributed by atoms with Crippen LogP contribution in [-0.4, -0.2) is 32.3 Å². The molecule has 19 heavy (non-hydrogen) atoms. The molecule has 1 aromatic rings. The summed E-state index contributed by atoms with van der Waals surface area (Å²) in [5.74, 6) is -1.36. The quantitative estimate of drug-likeness (QED) is 0.807. The lowest BCUT2D eigenvalue weighted by Gasteiger charge is -2.28. The smallest absolute Gasteiger partial charge is 0.329 e. The van der Waals surface area contributed by atoms with Crippen molar-refractivity contribution < 1.29 is 14.7 Å². The van der Waals surface area contributed by atoms with Crippen molar-refractivity contribution in [2.75, 3.05) is 0 Å². The summed E-state index contributed by atoms with van der Waals surface area (Å²) in [5, 5.41) is 16.2. The van der Waals surface area contributed by atoms with Gasteiger partial charge in [0.2, 0.25) is 0 Å². The Labute approximate surface area is 111 Å². The van der Waals surface area contributed by atoms with Crippen LogP contribution in [-0.2, 0) is 11.8 Å². The van der Waals surface area contributed by atoms with Gasteiger partial charge in [-0.1, -0.05) is 25.7 Å². The molecule has 0 radical (unpaired) electrons. The standard InChI is InChI=1S/C13H19N3O3/c1-16-9-6-10(15-16)11(17)14-13(12(18)19)7-4-2-3-5-8-13/h6,9H,2-5,7-8H2,1H3,(H,14,17)(H,18,19). The van der Waals surface area contributed by atoms with Gasteiger partial charge >= 0.3 is 5.97 Å². The second kappa shape index (κ2) is 5.42. The van der Waals surface area contributed by atoms with E-state index in [0.717, 1.165) is 25.7 Å². The lowest BCUT2D eigenvalue weighted by atomic mass is 9.90. The molecular formula is C13H19N3O3. The van der Waals surface area contributed by atoms with Crippen molar-refractivity contribution in [1.82, 2.24) is 15.1 Å². The summed E-state index contributed by atoms with van der Waals surface area (Å²) in [4.78, 5) is 23.7. The number of amides is 1. The number of nitrogens with zero attached hydrogens (tertiary/aromatic N) is 2. The third kappa shape index (κ3) is 2.94. The molecule has 0 aromatic carbocycles. The summed E-state index contributed by atoms with van der Waals surface area (Å²) in [7, 11) is 1.72. The van der Waals surface area contributed by atoms with E-state index in [1.165, 1.54) is 4.68 Å². The minimum Gasteiger partial charge on any atom is -0.480 e. The van der Waals surface area contributed by atoms with Gasteiger partial charge in [-0.25, -0.2) is 4.79 Å². The number of carbonyl (C=O) groups is 2. The summed E-state index contributed by atoms with van der Waals surface area (Å²) in [6.45, 7) is 0. The third-order valence-electron chi connectivity index (χ3n) is 3.67. The minimum absolute atomic E-state index is 0.257. The van der Waals surface area contributed by atoms with Crippen LogP contribution in [0.1, 0.15) is 49.0 Å². The molecule has 0 bridgehead atoms. The molecule has 1 saturated carbocycles. The van der Waals surface area contributed by atoms with Crippen molar-refractivity contribution in [2.24, 2.45) is 7.05 Å². The van der Waals surface area contributed by atoms with E-state index in [1.54, 1.807) is 19.3 Å². The molecule has 1 amide bonds. The van der Waals surface area contributed by atoms with E-state index in [0.29, 0.717) is 12.8 Å². The first-order chi connectivity index (χ1) is 9.03. The predicted molar refractivity (Wildman–Crippen MR) is 68.7 cm³/mol. The van der Waals surface area contributed by atoms with Crippen LogP contribution in [0.5, 0.6) is 0 Å². The van der Waals surface area contributed by atoms with E-state index in [-0.39, 0.29) is 5.69 Å². The Balaban J connectivity index is 2.16. The molecule has 6 nitrogen and oxygen atoms in total. The molecule has 2 N–H and O–H groups in total. The monoisotopic (exact) mass is 265 g/mol. The van der Waals surface area contributed by atoms with Crippen LogP contribution < -0.4 is 5.32 Å². The van der Waals surface area contributed by atoms with Crippen molar-refractivity contribution in [1.29, 1.82) is 0 Å². The van der Waals surface area contributed by atoms with E-state index in [2.05, 4.69) is 10.4 Å². The number of nitrogens with one attached hydrogen (secondary N) is 1. The lowest BCUT2D eigenvalue weighted by molar-refractivity contribution is -0.145. The molecule has 1 aromatic heterocycles. The van der Waals surface area contributed by atoms with Crippen molar-refractivity contribution in [3.05, 3.63) is 18.0 Å². The highest BCUT2D eigenvalue weighted by Crippen LogP contribution is 2.27. The van der Waals surface area contributed by atoms with Crippen LogP contribution in [0, 0.1) is 0 Å². The second-order valence-electron chi connectivity index (χ2n) is 5.13. The second-order valence-corrected chi connectivity index (χ2v) is 5.13. The van der Waals surface area contributed by atoms with Gasteiger partial charge in [-0.15, -0.1) is 0 Å². The van der Waals surface area contributed by atoms with Gasteiger partial charge in [0.05, 0.1) is 0 Å². The highest BCUT2D eigenvalue weighted by molar-refractivity contribution is 5.96. The number of carbonyl (C=O) groups excluding carboxylic acids is 1. The van der Waals surface area contributed by atoms with Crippen LogP contribution in [0.3, 0.4) is 0 Å². The first-order valence-corrected chi connectivity index (χ1v) is 6.59. The maximum absolute atomic E-state index is 12.1. The average molecular weight is 265 g/mol. The summed E-state index contributed by atoms with van der Waals surface area (Å²) in [6, 6.07) is 1.58. The lowest BCUT2D eigenvalue weighted by Crippen LogP contribution is -2.54. The number of hydrogen-bond donors (Lipinski definition) is 2. The predicted octanol–water partition coefficient (Wildman–Crippen LogP) is 1.33. The largest absolute Gasteiger partial charge is 0.480 e. The maximum Gasteiger partial charge on any atom is 0.329 e. The van der Waals surface area contributed by atoms with Crippen molar-refractivity contribution in [3.63, 3.8) is 0 Å². The highest BCUT2D eigenvalue weighted by Gasteiger charge is 2.40. The van der Waals surface area contributed by atoms with Gasteiger partial charge in [-0.2, -0.15) is 5.10 Å². The zero-order valence-corrected chi connectivity index (χ0v) is 11.1. The fourth-order valence-electron chi connectivity index (χ4n) is 2.54. The molecule has 0 spiro atoms. The van der Waals surface area contributed by atoms with Crippen LogP contribution in [0.4, 0.5) is 0 Å². The molecule has 6 heteroatoms. The summed E-state index contributed by atoms with van der Waals surface area (Å²) < 4.78 is 1.52. The van der Waals surface area contributed by atoms with Gasteiger partial charge in [0.15, 0.2) is 0 Å². The Kier molecular flexibility index (Phi) is 3.87. The number of carboxylic acid groups (broad SMARTS) is 1. The molecule has 1 fully saturated rings. The Morgan fingerprint density at radius 2 is 1.95 bits per heavy atom. The summed E-state index contributed by atoms with van der Waals surface area (Å²) in [6.07, 6.45) is 6.34. The van der Waals surface area contributed by atoms with Crippen LogP contribution in [0.15, 0.2) is 12.3 Å². The number of rotatable bonds is 3. The molecule has 104 valence electrons. The van der Waals surface area contributed by atoms with E-state index in [4.69, 9.17) is 0 Å². The van der Waals surface area contributed by atoms with E-state index >= 15 is 0 Å². The van der Waals surface area contributed by atoms with Gasteiger partial charge in [-0.3, -0.25) is 9.48 Å². The molecule has 1 heterocycles. The zero-order chi connectivity index (χ0) is 13.9. The number of carboxylic acids is 1. The molecule has 1 aliphatic rings. The first kappa shape index (κ1) is 13.6. The molecule has 0 aliphatic heterocycles. The Hall–Kier alpha value is -1.85. The van der Waals surface area contributed by atoms with E-state index in [9.17, 15) is 14.7 Å². The highest BCUT2D eigenvalue weighted by atomic mass is 16.4. The summed E-state index contributed by atoms with van der Waals surface area (Å²) in [5.41, 5.74) is -0.877. The van der Waals surface area contributed by atoms with Gasteiger partial charge in [0.1, 0.15) is 11.2 Å². The molecule has 0 atom stereocenters. The van der Waals surface area contributed by atoms with E-state index in [1.807, 2.05) is 0 Å². The average Bonchev–Trinajstić information content (AvgIpc) is 2.65. The molecule has 0 unspecified atom stereocenters. The van der Waals surface area contributed by atoms with Gasteiger partial charge in [0.25, 0.3) is 5.91 Å². The number of hydrogen-bond acceptors (Lipinski definition) is 3. The topological polar surface area (TPSA) is 84.2 Å². The van der Waals surface area contributed by atoms with E-state index < -0.39 is 17.4 Å². The number of aromatic nitrogens is 2. The molecular weight excluding hydrogens is 246 g/mol. The number of aliphatic carboxylic acids is 1. The minimum atomic E-state index is -1.13. The van der Waals surface area contributed by atoms with Crippen LogP contribution in [0.25, 0.3) is 0 Å². The fourth-order valence-corrected chi connectivity index (χ4v) is 2.54. The van der Waals surface area contributed by atoms with Gasteiger partial charge < -0.3 is 10.4 Å². The van der Waals surface area contributed by atoms with Crippen LogP contribution in [0.2, 0.25) is 0 Å². The normalized spacial score (nSPS) is 18.6. The molecule has 1 aliphatic carbocycles. The van der Waals surface area contributed by atoms with Gasteiger partial charge in [0, 0.05) is 13.2 Å². The number of aryl methyl sites for hydroxylation is 1. The Bertz CT molecular complexity index is 473. The molecule has 2 rings (SSSR count). The zero-order valence-electron chi connectivity index (χ0n) is 11.1. The van der Waals surface area contributed by atoms with Gasteiger partial charge in [-0.05, 0) is 18.9 Å². The SMILES string of the molecule is Cn1ccc(C(=O)NC2(C(=O)O)CCCCCC2)n1. The Morgan fingerprint density at radius 1 is 1.32 bits per heavy atom. The van der Waals surface area contributed by atoms with Crippen LogP contribution >= 0.6 is 0 Å². The maximum atomic E-state index is 12.1. The van der Waals surface area contributed by atoms with Crippen molar-refractivity contribution >= 4 is 11.9 Å². The Morgan fingerprint density at radius 3 is 2.42 bits per heavy atom. The summed E-state index contributed by atoms with van der Waals surface area (Å²) >= 11 is 0.